The fourth-order valence-corrected chi connectivity index (χ4v) is 3.20. The highest BCUT2D eigenvalue weighted by atomic mass is 35.5. The minimum Gasteiger partial charge on any atom is -0.478 e. The number of carboxylic acids is 1. The first kappa shape index (κ1) is 21.2. The van der Waals surface area contributed by atoms with Crippen molar-refractivity contribution in [2.75, 3.05) is 18.7 Å². The highest BCUT2D eigenvalue weighted by molar-refractivity contribution is 6.30. The zero-order chi connectivity index (χ0) is 21.7. The third-order valence-electron chi connectivity index (χ3n) is 4.58. The Morgan fingerprint density at radius 3 is 2.50 bits per heavy atom. The predicted octanol–water partition coefficient (Wildman–Crippen LogP) is 3.74. The number of ether oxygens (including phenoxy) is 1. The number of carboxylic acid groups (broad SMARTS) is 1. The third kappa shape index (κ3) is 4.74. The summed E-state index contributed by atoms with van der Waals surface area (Å²) in [4.78, 5) is 24.9. The molecular formula is C22H18ClN3O4. The van der Waals surface area contributed by atoms with Crippen LogP contribution >= 0.6 is 11.6 Å². The second-order valence-corrected chi connectivity index (χ2v) is 7.05. The minimum atomic E-state index is -1.13. The van der Waals surface area contributed by atoms with Crippen LogP contribution in [0.4, 0.5) is 5.69 Å². The summed E-state index contributed by atoms with van der Waals surface area (Å²) in [6.45, 7) is 0.101. The van der Waals surface area contributed by atoms with Gasteiger partial charge in [-0.25, -0.2) is 9.80 Å². The Morgan fingerprint density at radius 1 is 1.27 bits per heavy atom. The van der Waals surface area contributed by atoms with Crippen LogP contribution in [0.1, 0.15) is 17.5 Å². The molecule has 1 aliphatic rings. The second-order valence-electron chi connectivity index (χ2n) is 6.62. The van der Waals surface area contributed by atoms with Crippen molar-refractivity contribution in [3.8, 4) is 6.07 Å². The van der Waals surface area contributed by atoms with Crippen molar-refractivity contribution in [1.82, 2.24) is 0 Å². The van der Waals surface area contributed by atoms with Crippen LogP contribution in [-0.2, 0) is 14.3 Å². The van der Waals surface area contributed by atoms with Crippen LogP contribution in [0.2, 0.25) is 5.02 Å². The number of benzene rings is 2. The quantitative estimate of drug-likeness (QED) is 0.683. The van der Waals surface area contributed by atoms with Gasteiger partial charge in [0.2, 0.25) is 0 Å². The third-order valence-corrected chi connectivity index (χ3v) is 4.83. The van der Waals surface area contributed by atoms with E-state index in [0.717, 1.165) is 0 Å². The summed E-state index contributed by atoms with van der Waals surface area (Å²) in [5.74, 6) is -2.23. The molecule has 1 atom stereocenters. The first-order valence-corrected chi connectivity index (χ1v) is 9.40. The normalized spacial score (nSPS) is 16.4. The van der Waals surface area contributed by atoms with Crippen molar-refractivity contribution in [2.24, 2.45) is 11.0 Å². The predicted molar refractivity (Wildman–Crippen MR) is 113 cm³/mol. The summed E-state index contributed by atoms with van der Waals surface area (Å²) in [5.41, 5.74) is 2.14. The van der Waals surface area contributed by atoms with Crippen molar-refractivity contribution in [3.05, 3.63) is 70.3 Å². The molecule has 0 aliphatic carbocycles. The standard InChI is InChI=1S/C22H18ClN3O4/c1-30-13-20-19(21(27)26(25-20)18-8-6-17(23)7-9-18)11-16(22(28)29)10-14-2-4-15(12-24)5-3-14/h2-10,19H,11,13H2,1H3,(H,28,29)/b16-10-. The molecule has 3 rings (SSSR count). The van der Waals surface area contributed by atoms with E-state index in [2.05, 4.69) is 5.10 Å². The van der Waals surface area contributed by atoms with Crippen molar-refractivity contribution in [3.63, 3.8) is 0 Å². The van der Waals surface area contributed by atoms with E-state index in [1.807, 2.05) is 6.07 Å². The maximum Gasteiger partial charge on any atom is 0.331 e. The number of methoxy groups -OCH3 is 1. The van der Waals surface area contributed by atoms with Crippen LogP contribution in [0.3, 0.4) is 0 Å². The molecule has 0 bridgehead atoms. The van der Waals surface area contributed by atoms with Gasteiger partial charge in [0.25, 0.3) is 5.91 Å². The molecule has 0 radical (unpaired) electrons. The average Bonchev–Trinajstić information content (AvgIpc) is 3.04. The van der Waals surface area contributed by atoms with E-state index in [0.29, 0.717) is 27.5 Å². The number of hydrazone groups is 1. The molecule has 30 heavy (non-hydrogen) atoms. The van der Waals surface area contributed by atoms with E-state index in [-0.39, 0.29) is 24.5 Å². The first-order valence-electron chi connectivity index (χ1n) is 9.02. The van der Waals surface area contributed by atoms with Crippen molar-refractivity contribution >= 4 is 41.0 Å². The molecule has 0 fully saturated rings. The molecule has 7 nitrogen and oxygen atoms in total. The molecule has 8 heteroatoms. The lowest BCUT2D eigenvalue weighted by atomic mass is 9.93. The zero-order valence-corrected chi connectivity index (χ0v) is 16.8. The molecule has 1 aliphatic heterocycles. The van der Waals surface area contributed by atoms with E-state index in [4.69, 9.17) is 21.6 Å². The van der Waals surface area contributed by atoms with Crippen LogP contribution in [0, 0.1) is 17.2 Å². The Bertz CT molecular complexity index is 1050. The van der Waals surface area contributed by atoms with Gasteiger partial charge in [0.05, 0.1) is 35.6 Å². The van der Waals surface area contributed by atoms with E-state index < -0.39 is 11.9 Å². The maximum atomic E-state index is 13.0. The molecule has 1 heterocycles. The minimum absolute atomic E-state index is 0.0412. The number of nitriles is 1. The molecule has 1 unspecified atom stereocenters. The largest absolute Gasteiger partial charge is 0.478 e. The molecular weight excluding hydrogens is 406 g/mol. The van der Waals surface area contributed by atoms with Crippen LogP contribution in [-0.4, -0.2) is 36.4 Å². The van der Waals surface area contributed by atoms with Gasteiger partial charge in [-0.2, -0.15) is 10.4 Å². The average molecular weight is 424 g/mol. The van der Waals surface area contributed by atoms with Gasteiger partial charge < -0.3 is 9.84 Å². The lowest BCUT2D eigenvalue weighted by Crippen LogP contribution is -2.29. The van der Waals surface area contributed by atoms with Crippen LogP contribution in [0.5, 0.6) is 0 Å². The van der Waals surface area contributed by atoms with E-state index in [9.17, 15) is 14.7 Å². The fraction of sp³-hybridized carbons (Fsp3) is 0.182. The van der Waals surface area contributed by atoms with E-state index in [1.54, 1.807) is 48.5 Å². The SMILES string of the molecule is COCC1=NN(c2ccc(Cl)cc2)C(=O)C1C/C(=C/c1ccc(C#N)cc1)C(=O)O. The molecule has 152 valence electrons. The number of halogens is 1. The Kier molecular flexibility index (Phi) is 6.62. The Morgan fingerprint density at radius 2 is 1.93 bits per heavy atom. The summed E-state index contributed by atoms with van der Waals surface area (Å²) >= 11 is 5.91. The topological polar surface area (TPSA) is 103 Å². The number of carbonyl (C=O) groups is 2. The Hall–Kier alpha value is -3.47. The highest BCUT2D eigenvalue weighted by Gasteiger charge is 2.37. The van der Waals surface area contributed by atoms with Gasteiger partial charge in [0.15, 0.2) is 0 Å². The number of hydrogen-bond acceptors (Lipinski definition) is 5. The number of anilines is 1. The van der Waals surface area contributed by atoms with Crippen LogP contribution in [0.15, 0.2) is 59.2 Å². The van der Waals surface area contributed by atoms with Crippen LogP contribution in [0.25, 0.3) is 6.08 Å². The molecule has 0 saturated carbocycles. The van der Waals surface area contributed by atoms with E-state index >= 15 is 0 Å². The number of rotatable bonds is 7. The molecule has 2 aromatic rings. The molecule has 0 spiro atoms. The molecule has 0 saturated heterocycles. The molecule has 1 amide bonds. The van der Waals surface area contributed by atoms with Gasteiger partial charge in [-0.3, -0.25) is 4.79 Å². The number of hydrogen-bond donors (Lipinski definition) is 1. The maximum absolute atomic E-state index is 13.0. The smallest absolute Gasteiger partial charge is 0.331 e. The summed E-state index contributed by atoms with van der Waals surface area (Å²) in [5, 5.41) is 24.7. The first-order chi connectivity index (χ1) is 14.4. The lowest BCUT2D eigenvalue weighted by molar-refractivity contribution is -0.132. The van der Waals surface area contributed by atoms with Gasteiger partial charge in [0, 0.05) is 17.7 Å². The number of amides is 1. The fourth-order valence-electron chi connectivity index (χ4n) is 3.07. The molecule has 2 aromatic carbocycles. The van der Waals surface area contributed by atoms with Gasteiger partial charge in [0.1, 0.15) is 0 Å². The summed E-state index contributed by atoms with van der Waals surface area (Å²) in [6.07, 6.45) is 1.45. The zero-order valence-electron chi connectivity index (χ0n) is 16.1. The monoisotopic (exact) mass is 423 g/mol. The lowest BCUT2D eigenvalue weighted by Gasteiger charge is -2.15. The van der Waals surface area contributed by atoms with E-state index in [1.165, 1.54) is 18.2 Å². The van der Waals surface area contributed by atoms with Crippen molar-refractivity contribution in [2.45, 2.75) is 6.42 Å². The van der Waals surface area contributed by atoms with Gasteiger partial charge in [-0.1, -0.05) is 23.7 Å². The summed E-state index contributed by atoms with van der Waals surface area (Å²) in [7, 11) is 1.49. The summed E-state index contributed by atoms with van der Waals surface area (Å²) < 4.78 is 5.17. The number of nitrogens with zero attached hydrogens (tertiary/aromatic N) is 3. The number of carbonyl (C=O) groups excluding carboxylic acids is 1. The number of aliphatic carboxylic acids is 1. The Balaban J connectivity index is 1.89. The second kappa shape index (κ2) is 9.35. The van der Waals surface area contributed by atoms with Crippen molar-refractivity contribution in [1.29, 1.82) is 5.26 Å². The van der Waals surface area contributed by atoms with Crippen LogP contribution < -0.4 is 5.01 Å². The Labute approximate surface area is 178 Å². The van der Waals surface area contributed by atoms with Gasteiger partial charge >= 0.3 is 5.97 Å². The highest BCUT2D eigenvalue weighted by Crippen LogP contribution is 2.29. The van der Waals surface area contributed by atoms with Crippen molar-refractivity contribution < 1.29 is 19.4 Å². The molecule has 1 N–H and O–H groups in total. The van der Waals surface area contributed by atoms with Gasteiger partial charge in [-0.15, -0.1) is 0 Å². The molecule has 0 aromatic heterocycles. The summed E-state index contributed by atoms with van der Waals surface area (Å²) in [6, 6.07) is 15.2. The van der Waals surface area contributed by atoms with Gasteiger partial charge in [-0.05, 0) is 54.5 Å².